The van der Waals surface area contributed by atoms with E-state index in [4.69, 9.17) is 4.74 Å². The van der Waals surface area contributed by atoms with Gasteiger partial charge in [-0.2, -0.15) is 0 Å². The standard InChI is InChI=1S/C27H27F3N2O4S/c1-18(19-3-5-20(6-4-19)24-12-11-23(29)17-25(24)30)32-16-14-27(36-26(32)33,13-15-31-37(2,34)35)21-7-9-22(28)10-8-21/h3-12,17-18,31H,13-16H2,1-2H3/t18-,27?/m0/s1. The van der Waals surface area contributed by atoms with Gasteiger partial charge in [0.1, 0.15) is 23.1 Å². The first-order valence-electron chi connectivity index (χ1n) is 11.7. The van der Waals surface area contributed by atoms with E-state index in [0.29, 0.717) is 24.1 Å². The third kappa shape index (κ3) is 6.14. The zero-order valence-corrected chi connectivity index (χ0v) is 21.2. The van der Waals surface area contributed by atoms with Crippen LogP contribution in [0.3, 0.4) is 0 Å². The zero-order valence-electron chi connectivity index (χ0n) is 20.4. The van der Waals surface area contributed by atoms with E-state index >= 15 is 0 Å². The smallest absolute Gasteiger partial charge is 0.411 e. The first kappa shape index (κ1) is 26.7. The minimum atomic E-state index is -3.45. The van der Waals surface area contributed by atoms with Crippen LogP contribution in [-0.2, 0) is 20.4 Å². The highest BCUT2D eigenvalue weighted by Gasteiger charge is 2.43. The van der Waals surface area contributed by atoms with Crippen LogP contribution in [0.5, 0.6) is 0 Å². The highest BCUT2D eigenvalue weighted by Crippen LogP contribution is 2.39. The monoisotopic (exact) mass is 532 g/mol. The summed E-state index contributed by atoms with van der Waals surface area (Å²) in [5, 5.41) is 0. The van der Waals surface area contributed by atoms with Gasteiger partial charge < -0.3 is 9.64 Å². The highest BCUT2D eigenvalue weighted by molar-refractivity contribution is 7.88. The second-order valence-corrected chi connectivity index (χ2v) is 11.0. The number of nitrogens with one attached hydrogen (secondary N) is 1. The minimum Gasteiger partial charge on any atom is -0.438 e. The van der Waals surface area contributed by atoms with Crippen LogP contribution < -0.4 is 4.72 Å². The van der Waals surface area contributed by atoms with Crippen molar-refractivity contribution in [2.45, 2.75) is 31.4 Å². The molecule has 3 aromatic carbocycles. The molecule has 1 fully saturated rings. The Morgan fingerprint density at radius 1 is 1.00 bits per heavy atom. The fourth-order valence-electron chi connectivity index (χ4n) is 4.58. The second kappa shape index (κ2) is 10.5. The van der Waals surface area contributed by atoms with Crippen molar-refractivity contribution < 1.29 is 31.1 Å². The number of amides is 1. The van der Waals surface area contributed by atoms with E-state index in [9.17, 15) is 26.4 Å². The Morgan fingerprint density at radius 3 is 2.24 bits per heavy atom. The molecule has 1 aliphatic heterocycles. The second-order valence-electron chi connectivity index (χ2n) is 9.15. The molecular formula is C27H27F3N2O4S. The zero-order chi connectivity index (χ0) is 26.8. The van der Waals surface area contributed by atoms with Gasteiger partial charge in [-0.3, -0.25) is 0 Å². The maximum Gasteiger partial charge on any atom is 0.411 e. The van der Waals surface area contributed by atoms with Gasteiger partial charge in [0.15, 0.2) is 0 Å². The lowest BCUT2D eigenvalue weighted by molar-refractivity contribution is -0.0644. The van der Waals surface area contributed by atoms with Crippen LogP contribution in [-0.4, -0.2) is 38.8 Å². The van der Waals surface area contributed by atoms with Gasteiger partial charge in [-0.05, 0) is 47.9 Å². The molecule has 4 rings (SSSR count). The van der Waals surface area contributed by atoms with E-state index in [0.717, 1.165) is 17.9 Å². The van der Waals surface area contributed by atoms with Crippen molar-refractivity contribution in [2.24, 2.45) is 0 Å². The fourth-order valence-corrected chi connectivity index (χ4v) is 5.05. The molecule has 3 aromatic rings. The first-order valence-corrected chi connectivity index (χ1v) is 13.6. The number of cyclic esters (lactones) is 1. The number of sulfonamides is 1. The average Bonchev–Trinajstić information content (AvgIpc) is 2.83. The Hall–Kier alpha value is -3.37. The number of benzene rings is 3. The van der Waals surface area contributed by atoms with E-state index in [2.05, 4.69) is 4.72 Å². The third-order valence-electron chi connectivity index (χ3n) is 6.64. The number of rotatable bonds is 8. The van der Waals surface area contributed by atoms with Gasteiger partial charge in [0.2, 0.25) is 10.0 Å². The van der Waals surface area contributed by atoms with E-state index in [1.54, 1.807) is 29.2 Å². The lowest BCUT2D eigenvalue weighted by Crippen LogP contribution is -2.49. The molecule has 6 nitrogen and oxygen atoms in total. The predicted octanol–water partition coefficient (Wildman–Crippen LogP) is 5.51. The van der Waals surface area contributed by atoms with Gasteiger partial charge >= 0.3 is 6.09 Å². The number of carbonyl (C=O) groups is 1. The molecule has 37 heavy (non-hydrogen) atoms. The minimum absolute atomic E-state index is 0.0421. The molecule has 0 radical (unpaired) electrons. The molecule has 10 heteroatoms. The number of carbonyl (C=O) groups excluding carboxylic acids is 1. The lowest BCUT2D eigenvalue weighted by atomic mass is 9.85. The summed E-state index contributed by atoms with van der Waals surface area (Å²) in [5.74, 6) is -1.75. The van der Waals surface area contributed by atoms with Gasteiger partial charge in [-0.15, -0.1) is 0 Å². The number of hydrogen-bond donors (Lipinski definition) is 1. The summed E-state index contributed by atoms with van der Waals surface area (Å²) in [6.07, 6.45) is 0.997. The Bertz CT molecular complexity index is 1380. The molecular weight excluding hydrogens is 505 g/mol. The van der Waals surface area contributed by atoms with Gasteiger partial charge in [0.05, 0.1) is 12.3 Å². The van der Waals surface area contributed by atoms with Crippen LogP contribution in [0.25, 0.3) is 11.1 Å². The summed E-state index contributed by atoms with van der Waals surface area (Å²) < 4.78 is 72.4. The van der Waals surface area contributed by atoms with Gasteiger partial charge in [-0.25, -0.2) is 31.1 Å². The number of nitrogens with zero attached hydrogens (tertiary/aromatic N) is 1. The Kier molecular flexibility index (Phi) is 7.61. The molecule has 0 aromatic heterocycles. The number of ether oxygens (including phenoxy) is 1. The third-order valence-corrected chi connectivity index (χ3v) is 7.37. The van der Waals surface area contributed by atoms with E-state index < -0.39 is 39.2 Å². The Labute approximate surface area is 214 Å². The summed E-state index contributed by atoms with van der Waals surface area (Å²) in [5.41, 5.74) is 1.09. The first-order chi connectivity index (χ1) is 17.5. The van der Waals surface area contributed by atoms with Crippen molar-refractivity contribution in [3.05, 3.63) is 95.3 Å². The van der Waals surface area contributed by atoms with Crippen molar-refractivity contribution in [1.82, 2.24) is 9.62 Å². The molecule has 0 spiro atoms. The summed E-state index contributed by atoms with van der Waals surface area (Å²) in [4.78, 5) is 14.8. The molecule has 0 bridgehead atoms. The van der Waals surface area contributed by atoms with Crippen LogP contribution in [0.4, 0.5) is 18.0 Å². The summed E-state index contributed by atoms with van der Waals surface area (Å²) in [6.45, 7) is 2.19. The normalized spacial score (nSPS) is 18.9. The molecule has 1 heterocycles. The topological polar surface area (TPSA) is 75.7 Å². The van der Waals surface area contributed by atoms with E-state index in [1.165, 1.54) is 36.4 Å². The van der Waals surface area contributed by atoms with Gasteiger partial charge in [-0.1, -0.05) is 36.4 Å². The van der Waals surface area contributed by atoms with Crippen molar-refractivity contribution in [3.8, 4) is 11.1 Å². The Balaban J connectivity index is 1.52. The van der Waals surface area contributed by atoms with E-state index in [1.807, 2.05) is 6.92 Å². The average molecular weight is 533 g/mol. The molecule has 196 valence electrons. The summed E-state index contributed by atoms with van der Waals surface area (Å²) in [7, 11) is -3.45. The van der Waals surface area contributed by atoms with Crippen LogP contribution in [0, 0.1) is 17.5 Å². The predicted molar refractivity (Wildman–Crippen MR) is 134 cm³/mol. The van der Waals surface area contributed by atoms with Crippen LogP contribution in [0.2, 0.25) is 0 Å². The Morgan fingerprint density at radius 2 is 1.65 bits per heavy atom. The van der Waals surface area contributed by atoms with Gasteiger partial charge in [0, 0.05) is 37.6 Å². The molecule has 0 aliphatic carbocycles. The van der Waals surface area contributed by atoms with Crippen LogP contribution >= 0.6 is 0 Å². The quantitative estimate of drug-likeness (QED) is 0.415. The van der Waals surface area contributed by atoms with Crippen molar-refractivity contribution >= 4 is 16.1 Å². The summed E-state index contributed by atoms with van der Waals surface area (Å²) >= 11 is 0. The molecule has 1 aliphatic rings. The molecule has 2 atom stereocenters. The lowest BCUT2D eigenvalue weighted by Gasteiger charge is -2.43. The van der Waals surface area contributed by atoms with Crippen LogP contribution in [0.1, 0.15) is 36.9 Å². The fraction of sp³-hybridized carbons (Fsp3) is 0.296. The number of halogens is 3. The molecule has 1 amide bonds. The molecule has 0 saturated carbocycles. The highest BCUT2D eigenvalue weighted by atomic mass is 32.2. The maximum absolute atomic E-state index is 14.2. The summed E-state index contributed by atoms with van der Waals surface area (Å²) in [6, 6.07) is 15.6. The van der Waals surface area contributed by atoms with Crippen molar-refractivity contribution in [3.63, 3.8) is 0 Å². The van der Waals surface area contributed by atoms with E-state index in [-0.39, 0.29) is 24.6 Å². The van der Waals surface area contributed by atoms with Gasteiger partial charge in [0.25, 0.3) is 0 Å². The molecule has 1 saturated heterocycles. The van der Waals surface area contributed by atoms with Crippen molar-refractivity contribution in [2.75, 3.05) is 19.3 Å². The maximum atomic E-state index is 14.2. The SMILES string of the molecule is C[C@@H](c1ccc(-c2ccc(F)cc2F)cc1)N1CCC(CCNS(C)(=O)=O)(c2ccc(F)cc2)OC1=O. The van der Waals surface area contributed by atoms with Crippen molar-refractivity contribution in [1.29, 1.82) is 0 Å². The molecule has 1 unspecified atom stereocenters. The van der Waals surface area contributed by atoms with Crippen LogP contribution in [0.15, 0.2) is 66.7 Å². The molecule has 1 N–H and O–H groups in total. The number of hydrogen-bond acceptors (Lipinski definition) is 4. The largest absolute Gasteiger partial charge is 0.438 e.